The van der Waals surface area contributed by atoms with Gasteiger partial charge in [0, 0.05) is 24.7 Å². The van der Waals surface area contributed by atoms with Crippen LogP contribution >= 0.6 is 0 Å². The Morgan fingerprint density at radius 3 is 2.38 bits per heavy atom. The zero-order valence-corrected chi connectivity index (χ0v) is 15.9. The molecule has 1 fully saturated rings. The van der Waals surface area contributed by atoms with Crippen molar-refractivity contribution in [2.45, 2.75) is 72.5 Å². The van der Waals surface area contributed by atoms with E-state index in [-0.39, 0.29) is 10.8 Å². The number of rotatable bonds is 6. The van der Waals surface area contributed by atoms with Gasteiger partial charge in [-0.15, -0.1) is 17.6 Å². The van der Waals surface area contributed by atoms with E-state index in [1.165, 1.54) is 0 Å². The molecule has 1 heterocycles. The van der Waals surface area contributed by atoms with Gasteiger partial charge in [0.05, 0.1) is 13.2 Å². The third kappa shape index (κ3) is 8.50. The van der Waals surface area contributed by atoms with Gasteiger partial charge in [0.2, 0.25) is 0 Å². The summed E-state index contributed by atoms with van der Waals surface area (Å²) in [7, 11) is 0. The number of aldehydes is 1. The van der Waals surface area contributed by atoms with Crippen LogP contribution in [0.25, 0.3) is 0 Å². The standard InChI is InChI=1S/C21H32O3/c1-19(2,3)13-10-11-15-21(14-9-7-6-8-12-16-22)17-23-20(4,5)24-18-21/h11,13,16H,6,8,12,14-15,17-18H2,1-5H3. The lowest BCUT2D eigenvalue weighted by molar-refractivity contribution is -0.284. The van der Waals surface area contributed by atoms with Crippen LogP contribution in [0.2, 0.25) is 0 Å². The molecule has 1 saturated heterocycles. The van der Waals surface area contributed by atoms with E-state index in [1.54, 1.807) is 0 Å². The smallest absolute Gasteiger partial charge is 0.162 e. The number of carbonyl (C=O) groups is 1. The first-order valence-corrected chi connectivity index (χ1v) is 8.78. The first-order valence-electron chi connectivity index (χ1n) is 8.78. The average molecular weight is 332 g/mol. The van der Waals surface area contributed by atoms with Crippen molar-refractivity contribution in [2.75, 3.05) is 13.2 Å². The van der Waals surface area contributed by atoms with Crippen LogP contribution < -0.4 is 0 Å². The summed E-state index contributed by atoms with van der Waals surface area (Å²) >= 11 is 0. The maximum absolute atomic E-state index is 10.3. The van der Waals surface area contributed by atoms with Crippen LogP contribution in [0.15, 0.2) is 17.9 Å². The molecule has 0 amide bonds. The van der Waals surface area contributed by atoms with E-state index in [1.807, 2.05) is 13.8 Å². The summed E-state index contributed by atoms with van der Waals surface area (Å²) in [5, 5.41) is 0. The Hall–Kier alpha value is -1.33. The van der Waals surface area contributed by atoms with Gasteiger partial charge in [-0.3, -0.25) is 0 Å². The predicted molar refractivity (Wildman–Crippen MR) is 97.4 cm³/mol. The van der Waals surface area contributed by atoms with Crippen molar-refractivity contribution in [1.29, 1.82) is 0 Å². The summed E-state index contributed by atoms with van der Waals surface area (Å²) in [6, 6.07) is 0. The topological polar surface area (TPSA) is 35.5 Å². The highest BCUT2D eigenvalue weighted by Crippen LogP contribution is 2.35. The highest BCUT2D eigenvalue weighted by molar-refractivity contribution is 5.49. The first kappa shape index (κ1) is 20.7. The van der Waals surface area contributed by atoms with Gasteiger partial charge in [0.15, 0.2) is 5.79 Å². The molecule has 0 bridgehead atoms. The second-order valence-electron chi connectivity index (χ2n) is 8.15. The van der Waals surface area contributed by atoms with E-state index in [9.17, 15) is 4.79 Å². The van der Waals surface area contributed by atoms with Gasteiger partial charge >= 0.3 is 0 Å². The lowest BCUT2D eigenvalue weighted by atomic mass is 9.81. The fraction of sp³-hybridized carbons (Fsp3) is 0.714. The molecule has 0 N–H and O–H groups in total. The molecule has 1 aliphatic heterocycles. The molecular formula is C21H32O3. The van der Waals surface area contributed by atoms with Crippen molar-refractivity contribution < 1.29 is 14.3 Å². The number of carbonyl (C=O) groups excluding carboxylic acids is 1. The van der Waals surface area contributed by atoms with Crippen molar-refractivity contribution in [1.82, 2.24) is 0 Å². The van der Waals surface area contributed by atoms with Crippen molar-refractivity contribution in [2.24, 2.45) is 10.8 Å². The van der Waals surface area contributed by atoms with E-state index < -0.39 is 5.79 Å². The molecule has 0 aromatic heterocycles. The van der Waals surface area contributed by atoms with Gasteiger partial charge in [-0.05, 0) is 44.3 Å². The Bertz CT molecular complexity index is 510. The molecule has 1 rings (SSSR count). The Morgan fingerprint density at radius 2 is 1.79 bits per heavy atom. The maximum Gasteiger partial charge on any atom is 0.162 e. The molecule has 134 valence electrons. The van der Waals surface area contributed by atoms with Gasteiger partial charge in [0.1, 0.15) is 6.29 Å². The summed E-state index contributed by atoms with van der Waals surface area (Å²) in [5.74, 6) is 5.90. The minimum atomic E-state index is -0.522. The molecule has 0 radical (unpaired) electrons. The lowest BCUT2D eigenvalue weighted by Gasteiger charge is -2.42. The van der Waals surface area contributed by atoms with Crippen LogP contribution in [-0.2, 0) is 14.3 Å². The Labute approximate surface area is 147 Å². The fourth-order valence-corrected chi connectivity index (χ4v) is 2.23. The molecule has 0 spiro atoms. The van der Waals surface area contributed by atoms with E-state index in [2.05, 4.69) is 50.5 Å². The summed E-state index contributed by atoms with van der Waals surface area (Å²) in [5.41, 5.74) is 3.30. The first-order chi connectivity index (χ1) is 11.2. The molecule has 0 saturated carbocycles. The number of hydrogen-bond donors (Lipinski definition) is 0. The van der Waals surface area contributed by atoms with E-state index in [0.29, 0.717) is 19.6 Å². The van der Waals surface area contributed by atoms with Crippen LogP contribution in [0, 0.1) is 22.7 Å². The second kappa shape index (κ2) is 9.23. The van der Waals surface area contributed by atoms with Crippen molar-refractivity contribution in [3.63, 3.8) is 0 Å². The summed E-state index contributed by atoms with van der Waals surface area (Å²) in [4.78, 5) is 10.3. The SMILES string of the molecule is CC(C)(C)C=C=CCC1(CC#CCCCC=O)COC(C)(C)OC1. The van der Waals surface area contributed by atoms with Gasteiger partial charge in [-0.25, -0.2) is 0 Å². The van der Waals surface area contributed by atoms with E-state index in [0.717, 1.165) is 32.0 Å². The number of hydrogen-bond acceptors (Lipinski definition) is 3. The molecule has 3 heteroatoms. The number of ether oxygens (including phenoxy) is 2. The average Bonchev–Trinajstić information content (AvgIpc) is 2.49. The normalized spacial score (nSPS) is 18.7. The molecule has 0 atom stereocenters. The van der Waals surface area contributed by atoms with E-state index in [4.69, 9.17) is 9.47 Å². The molecule has 0 aliphatic carbocycles. The van der Waals surface area contributed by atoms with Gasteiger partial charge in [-0.1, -0.05) is 20.8 Å². The minimum absolute atomic E-state index is 0.119. The molecule has 1 aliphatic rings. The van der Waals surface area contributed by atoms with Crippen LogP contribution in [0.4, 0.5) is 0 Å². The highest BCUT2D eigenvalue weighted by atomic mass is 16.7. The second-order valence-corrected chi connectivity index (χ2v) is 8.15. The van der Waals surface area contributed by atoms with Gasteiger partial charge < -0.3 is 14.3 Å². The molecule has 0 aromatic rings. The van der Waals surface area contributed by atoms with Crippen LogP contribution in [0.5, 0.6) is 0 Å². The third-order valence-corrected chi connectivity index (χ3v) is 3.83. The Kier molecular flexibility index (Phi) is 7.97. The lowest BCUT2D eigenvalue weighted by Crippen LogP contribution is -2.46. The molecule has 0 unspecified atom stereocenters. The minimum Gasteiger partial charge on any atom is -0.350 e. The summed E-state index contributed by atoms with van der Waals surface area (Å²) in [6.45, 7) is 11.6. The summed E-state index contributed by atoms with van der Waals surface area (Å²) < 4.78 is 11.8. The number of allylic oxidation sites excluding steroid dienone is 1. The predicted octanol–water partition coefficient (Wildman–Crippen LogP) is 4.67. The Balaban J connectivity index is 2.70. The largest absolute Gasteiger partial charge is 0.350 e. The Morgan fingerprint density at radius 1 is 1.12 bits per heavy atom. The zero-order valence-electron chi connectivity index (χ0n) is 15.9. The van der Waals surface area contributed by atoms with Crippen LogP contribution in [-0.4, -0.2) is 25.3 Å². The van der Waals surface area contributed by atoms with Crippen molar-refractivity contribution in [3.8, 4) is 11.8 Å². The molecule has 0 aromatic carbocycles. The van der Waals surface area contributed by atoms with Crippen LogP contribution in [0.3, 0.4) is 0 Å². The maximum atomic E-state index is 10.3. The zero-order chi connectivity index (χ0) is 18.1. The van der Waals surface area contributed by atoms with Crippen molar-refractivity contribution in [3.05, 3.63) is 17.9 Å². The molecule has 24 heavy (non-hydrogen) atoms. The third-order valence-electron chi connectivity index (χ3n) is 3.83. The number of unbranched alkanes of at least 4 members (excludes halogenated alkanes) is 2. The van der Waals surface area contributed by atoms with Crippen LogP contribution in [0.1, 0.15) is 66.7 Å². The van der Waals surface area contributed by atoms with E-state index >= 15 is 0 Å². The molecule has 3 nitrogen and oxygen atoms in total. The fourth-order valence-electron chi connectivity index (χ4n) is 2.23. The quantitative estimate of drug-likeness (QED) is 0.307. The molecular weight excluding hydrogens is 300 g/mol. The van der Waals surface area contributed by atoms with Gasteiger partial charge in [0.25, 0.3) is 0 Å². The summed E-state index contributed by atoms with van der Waals surface area (Å²) in [6.07, 6.45) is 8.85. The monoisotopic (exact) mass is 332 g/mol. The van der Waals surface area contributed by atoms with Crippen molar-refractivity contribution >= 4 is 6.29 Å². The highest BCUT2D eigenvalue weighted by Gasteiger charge is 2.38. The van der Waals surface area contributed by atoms with Gasteiger partial charge in [-0.2, -0.15) is 0 Å².